The van der Waals surface area contributed by atoms with Crippen LogP contribution in [0.15, 0.2) is 41.6 Å². The fraction of sp³-hybridized carbons (Fsp3) is 0.118. The van der Waals surface area contributed by atoms with E-state index in [0.29, 0.717) is 32.6 Å². The SMILES string of the molecule is Cc1ccc2nc(C)c(C(=O)N/N=C\c3cccc(Cl)c3Cl)n2c1. The molecular formula is C17H14Cl2N4O. The largest absolute Gasteiger partial charge is 0.295 e. The number of aryl methyl sites for hydroxylation is 2. The summed E-state index contributed by atoms with van der Waals surface area (Å²) < 4.78 is 1.75. The molecule has 2 heterocycles. The number of hydrogen-bond acceptors (Lipinski definition) is 3. The summed E-state index contributed by atoms with van der Waals surface area (Å²) >= 11 is 12.0. The number of halogens is 2. The van der Waals surface area contributed by atoms with E-state index in [4.69, 9.17) is 23.2 Å². The van der Waals surface area contributed by atoms with E-state index in [1.165, 1.54) is 6.21 Å². The lowest BCUT2D eigenvalue weighted by Gasteiger charge is -2.03. The number of aromatic nitrogens is 2. The molecule has 5 nitrogen and oxygen atoms in total. The minimum absolute atomic E-state index is 0.347. The van der Waals surface area contributed by atoms with Gasteiger partial charge in [0.1, 0.15) is 11.3 Å². The third-order valence-corrected chi connectivity index (χ3v) is 4.34. The number of hydrazone groups is 1. The van der Waals surface area contributed by atoms with Crippen molar-refractivity contribution in [3.05, 3.63) is 69.1 Å². The Hall–Kier alpha value is -2.37. The highest BCUT2D eigenvalue weighted by Gasteiger charge is 2.16. The van der Waals surface area contributed by atoms with E-state index in [1.54, 1.807) is 29.5 Å². The molecule has 3 rings (SSSR count). The van der Waals surface area contributed by atoms with Crippen LogP contribution in [0.4, 0.5) is 0 Å². The van der Waals surface area contributed by atoms with Gasteiger partial charge in [-0.05, 0) is 31.5 Å². The summed E-state index contributed by atoms with van der Waals surface area (Å²) in [5, 5.41) is 4.78. The number of hydrogen-bond donors (Lipinski definition) is 1. The molecule has 122 valence electrons. The topological polar surface area (TPSA) is 58.8 Å². The lowest BCUT2D eigenvalue weighted by Crippen LogP contribution is -2.20. The molecule has 1 amide bonds. The van der Waals surface area contributed by atoms with Crippen LogP contribution in [0.1, 0.15) is 27.3 Å². The lowest BCUT2D eigenvalue weighted by molar-refractivity contribution is 0.0948. The fourth-order valence-corrected chi connectivity index (χ4v) is 2.73. The number of rotatable bonds is 3. The van der Waals surface area contributed by atoms with Gasteiger partial charge in [-0.2, -0.15) is 5.10 Å². The third-order valence-electron chi connectivity index (χ3n) is 3.51. The number of amides is 1. The molecule has 0 aliphatic rings. The molecule has 0 atom stereocenters. The quantitative estimate of drug-likeness (QED) is 0.566. The molecular weight excluding hydrogens is 347 g/mol. The molecule has 2 aromatic heterocycles. The maximum Gasteiger partial charge on any atom is 0.290 e. The highest BCUT2D eigenvalue weighted by molar-refractivity contribution is 6.43. The number of nitrogens with one attached hydrogen (secondary N) is 1. The summed E-state index contributed by atoms with van der Waals surface area (Å²) in [6, 6.07) is 9.02. The normalized spacial score (nSPS) is 11.3. The summed E-state index contributed by atoms with van der Waals surface area (Å²) in [6.07, 6.45) is 3.32. The van der Waals surface area contributed by atoms with Crippen LogP contribution in [0.25, 0.3) is 5.65 Å². The number of imidazole rings is 1. The maximum atomic E-state index is 12.4. The molecule has 0 saturated heterocycles. The molecule has 1 aromatic carbocycles. The average molecular weight is 361 g/mol. The summed E-state index contributed by atoms with van der Waals surface area (Å²) in [6.45, 7) is 3.74. The highest BCUT2D eigenvalue weighted by Crippen LogP contribution is 2.24. The summed E-state index contributed by atoms with van der Waals surface area (Å²) in [5.74, 6) is -0.347. The summed E-state index contributed by atoms with van der Waals surface area (Å²) in [5.41, 5.74) is 5.95. The van der Waals surface area contributed by atoms with Crippen LogP contribution in [-0.2, 0) is 0 Å². The van der Waals surface area contributed by atoms with Crippen LogP contribution >= 0.6 is 23.2 Å². The Balaban J connectivity index is 1.85. The first-order chi connectivity index (χ1) is 11.5. The van der Waals surface area contributed by atoms with Crippen molar-refractivity contribution in [3.63, 3.8) is 0 Å². The van der Waals surface area contributed by atoms with Gasteiger partial charge in [-0.25, -0.2) is 10.4 Å². The number of carbonyl (C=O) groups excluding carboxylic acids is 1. The van der Waals surface area contributed by atoms with E-state index >= 15 is 0 Å². The Morgan fingerprint density at radius 3 is 2.83 bits per heavy atom. The minimum Gasteiger partial charge on any atom is -0.295 e. The van der Waals surface area contributed by atoms with Crippen LogP contribution in [-0.4, -0.2) is 21.5 Å². The lowest BCUT2D eigenvalue weighted by atomic mass is 10.2. The molecule has 0 aliphatic heterocycles. The molecule has 0 saturated carbocycles. The Morgan fingerprint density at radius 1 is 1.25 bits per heavy atom. The van der Waals surface area contributed by atoms with Gasteiger partial charge in [0.25, 0.3) is 5.91 Å². The Labute approximate surface area is 148 Å². The van der Waals surface area contributed by atoms with Crippen LogP contribution in [0.2, 0.25) is 10.0 Å². The third kappa shape index (κ3) is 3.13. The van der Waals surface area contributed by atoms with E-state index < -0.39 is 0 Å². The smallest absolute Gasteiger partial charge is 0.290 e. The summed E-state index contributed by atoms with van der Waals surface area (Å²) in [4.78, 5) is 16.8. The molecule has 0 fully saturated rings. The van der Waals surface area contributed by atoms with E-state index in [9.17, 15) is 4.79 Å². The molecule has 0 radical (unpaired) electrons. The van der Waals surface area contributed by atoms with Gasteiger partial charge in [0.2, 0.25) is 0 Å². The van der Waals surface area contributed by atoms with Gasteiger partial charge in [0.05, 0.1) is 22.0 Å². The van der Waals surface area contributed by atoms with Gasteiger partial charge < -0.3 is 0 Å². The van der Waals surface area contributed by atoms with Crippen molar-refractivity contribution in [2.24, 2.45) is 5.10 Å². The predicted molar refractivity (Wildman–Crippen MR) is 96.2 cm³/mol. The van der Waals surface area contributed by atoms with E-state index in [-0.39, 0.29) is 5.91 Å². The summed E-state index contributed by atoms with van der Waals surface area (Å²) in [7, 11) is 0. The zero-order chi connectivity index (χ0) is 17.3. The van der Waals surface area contributed by atoms with E-state index in [2.05, 4.69) is 15.5 Å². The van der Waals surface area contributed by atoms with Gasteiger partial charge in [0, 0.05) is 11.8 Å². The molecule has 3 aromatic rings. The van der Waals surface area contributed by atoms with Crippen LogP contribution in [0.5, 0.6) is 0 Å². The van der Waals surface area contributed by atoms with Crippen molar-refractivity contribution in [2.45, 2.75) is 13.8 Å². The van der Waals surface area contributed by atoms with Crippen molar-refractivity contribution < 1.29 is 4.79 Å². The predicted octanol–water partition coefficient (Wildman–Crippen LogP) is 4.02. The first-order valence-electron chi connectivity index (χ1n) is 7.20. The standard InChI is InChI=1S/C17H14Cl2N4O/c1-10-6-7-14-21-11(2)16(23(14)9-10)17(24)22-20-8-12-4-3-5-13(18)15(12)19/h3-9H,1-2H3,(H,22,24)/b20-8-. The van der Waals surface area contributed by atoms with Gasteiger partial charge >= 0.3 is 0 Å². The first-order valence-corrected chi connectivity index (χ1v) is 7.95. The number of benzene rings is 1. The second kappa shape index (κ2) is 6.63. The Bertz CT molecular complexity index is 963. The molecule has 1 N–H and O–H groups in total. The highest BCUT2D eigenvalue weighted by atomic mass is 35.5. The van der Waals surface area contributed by atoms with Crippen molar-refractivity contribution in [2.75, 3.05) is 0 Å². The van der Waals surface area contributed by atoms with Crippen molar-refractivity contribution in [1.82, 2.24) is 14.8 Å². The minimum atomic E-state index is -0.347. The second-order valence-corrected chi connectivity index (χ2v) is 6.11. The maximum absolute atomic E-state index is 12.4. The number of pyridine rings is 1. The number of nitrogens with zero attached hydrogens (tertiary/aromatic N) is 3. The first kappa shape index (κ1) is 16.5. The van der Waals surface area contributed by atoms with Crippen LogP contribution in [0.3, 0.4) is 0 Å². The van der Waals surface area contributed by atoms with Crippen molar-refractivity contribution in [1.29, 1.82) is 0 Å². The number of carbonyl (C=O) groups is 1. The van der Waals surface area contributed by atoms with Crippen LogP contribution < -0.4 is 5.43 Å². The van der Waals surface area contributed by atoms with E-state index in [1.807, 2.05) is 25.3 Å². The molecule has 0 aliphatic carbocycles. The zero-order valence-electron chi connectivity index (χ0n) is 13.0. The van der Waals surface area contributed by atoms with E-state index in [0.717, 1.165) is 5.56 Å². The van der Waals surface area contributed by atoms with Gasteiger partial charge in [-0.3, -0.25) is 9.20 Å². The molecule has 0 bridgehead atoms. The van der Waals surface area contributed by atoms with Gasteiger partial charge in [-0.1, -0.05) is 41.4 Å². The monoisotopic (exact) mass is 360 g/mol. The van der Waals surface area contributed by atoms with Gasteiger partial charge in [-0.15, -0.1) is 0 Å². The second-order valence-electron chi connectivity index (χ2n) is 5.32. The number of fused-ring (bicyclic) bond motifs is 1. The van der Waals surface area contributed by atoms with Crippen molar-refractivity contribution >= 4 is 41.0 Å². The fourth-order valence-electron chi connectivity index (χ4n) is 2.38. The van der Waals surface area contributed by atoms with Crippen molar-refractivity contribution in [3.8, 4) is 0 Å². The Morgan fingerprint density at radius 2 is 2.04 bits per heavy atom. The molecule has 0 spiro atoms. The molecule has 24 heavy (non-hydrogen) atoms. The Kier molecular flexibility index (Phi) is 4.55. The molecule has 0 unspecified atom stereocenters. The average Bonchev–Trinajstić information content (AvgIpc) is 2.86. The molecule has 7 heteroatoms. The van der Waals surface area contributed by atoms with Gasteiger partial charge in [0.15, 0.2) is 0 Å². The zero-order valence-corrected chi connectivity index (χ0v) is 14.6. The van der Waals surface area contributed by atoms with Crippen LogP contribution in [0, 0.1) is 13.8 Å².